The first-order valence-electron chi connectivity index (χ1n) is 8.12. The number of guanidine groups is 1. The van der Waals surface area contributed by atoms with E-state index in [0.29, 0.717) is 18.8 Å². The van der Waals surface area contributed by atoms with E-state index in [1.165, 1.54) is 19.2 Å². The molecule has 8 heteroatoms. The summed E-state index contributed by atoms with van der Waals surface area (Å²) in [6, 6.07) is 13.8. The zero-order valence-corrected chi connectivity index (χ0v) is 17.9. The van der Waals surface area contributed by atoms with Gasteiger partial charge in [0, 0.05) is 32.9 Å². The van der Waals surface area contributed by atoms with Crippen molar-refractivity contribution in [2.75, 3.05) is 26.5 Å². The van der Waals surface area contributed by atoms with Crippen LogP contribution >= 0.6 is 24.0 Å². The van der Waals surface area contributed by atoms with Crippen molar-refractivity contribution in [2.24, 2.45) is 4.99 Å². The van der Waals surface area contributed by atoms with Gasteiger partial charge in [-0.2, -0.15) is 0 Å². The van der Waals surface area contributed by atoms with Crippen LogP contribution in [0.1, 0.15) is 11.1 Å². The van der Waals surface area contributed by atoms with Crippen molar-refractivity contribution in [3.63, 3.8) is 0 Å². The van der Waals surface area contributed by atoms with Crippen LogP contribution in [0.2, 0.25) is 0 Å². The van der Waals surface area contributed by atoms with Crippen LogP contribution in [-0.4, -0.2) is 38.2 Å². The number of halogens is 2. The molecule has 146 valence electrons. The van der Waals surface area contributed by atoms with Gasteiger partial charge in [-0.15, -0.1) is 24.0 Å². The van der Waals surface area contributed by atoms with E-state index in [-0.39, 0.29) is 29.8 Å². The number of ether oxygens (including phenoxy) is 1. The number of aliphatic imine (C=N–C) groups is 1. The van der Waals surface area contributed by atoms with Crippen molar-refractivity contribution in [2.45, 2.75) is 13.1 Å². The maximum absolute atomic E-state index is 13.0. The van der Waals surface area contributed by atoms with Crippen LogP contribution in [0, 0.1) is 5.82 Å². The fourth-order valence-electron chi connectivity index (χ4n) is 2.38. The van der Waals surface area contributed by atoms with E-state index in [9.17, 15) is 9.18 Å². The fraction of sp³-hybridized carbons (Fsp3) is 0.263. The van der Waals surface area contributed by atoms with Crippen LogP contribution in [0.4, 0.5) is 14.9 Å². The Hall–Kier alpha value is -2.36. The maximum Gasteiger partial charge on any atom is 0.411 e. The van der Waals surface area contributed by atoms with Gasteiger partial charge in [0.2, 0.25) is 0 Å². The topological polar surface area (TPSA) is 66.0 Å². The molecule has 0 radical (unpaired) electrons. The Labute approximate surface area is 175 Å². The Morgan fingerprint density at radius 2 is 1.70 bits per heavy atom. The SMILES string of the molecule is CN=C(NCc1ccc(NC(=O)OC)cc1)N(C)Cc1ccc(F)cc1.I. The highest BCUT2D eigenvalue weighted by atomic mass is 127. The molecular weight excluding hydrogens is 462 g/mol. The van der Waals surface area contributed by atoms with Crippen molar-refractivity contribution in [1.29, 1.82) is 0 Å². The lowest BCUT2D eigenvalue weighted by atomic mass is 10.2. The lowest BCUT2D eigenvalue weighted by Gasteiger charge is -2.22. The predicted octanol–water partition coefficient (Wildman–Crippen LogP) is 3.83. The Morgan fingerprint density at radius 3 is 2.26 bits per heavy atom. The molecule has 27 heavy (non-hydrogen) atoms. The van der Waals surface area contributed by atoms with Gasteiger partial charge in [0.15, 0.2) is 5.96 Å². The van der Waals surface area contributed by atoms with Crippen molar-refractivity contribution < 1.29 is 13.9 Å². The first kappa shape index (κ1) is 22.7. The van der Waals surface area contributed by atoms with Gasteiger partial charge in [0.1, 0.15) is 5.82 Å². The molecule has 0 unspecified atom stereocenters. The van der Waals surface area contributed by atoms with Crippen LogP contribution in [0.15, 0.2) is 53.5 Å². The second kappa shape index (κ2) is 11.4. The van der Waals surface area contributed by atoms with E-state index in [0.717, 1.165) is 17.1 Å². The van der Waals surface area contributed by atoms with E-state index < -0.39 is 6.09 Å². The number of hydrogen-bond acceptors (Lipinski definition) is 3. The molecule has 1 amide bonds. The average Bonchev–Trinajstić information content (AvgIpc) is 2.65. The van der Waals surface area contributed by atoms with Gasteiger partial charge < -0.3 is 15.0 Å². The summed E-state index contributed by atoms with van der Waals surface area (Å²) in [6.45, 7) is 1.20. The number of carbonyl (C=O) groups excluding carboxylic acids is 1. The summed E-state index contributed by atoms with van der Waals surface area (Å²) >= 11 is 0. The van der Waals surface area contributed by atoms with Gasteiger partial charge in [-0.3, -0.25) is 10.3 Å². The molecule has 0 aliphatic carbocycles. The van der Waals surface area contributed by atoms with Crippen molar-refractivity contribution >= 4 is 41.7 Å². The minimum atomic E-state index is -0.501. The second-order valence-corrected chi connectivity index (χ2v) is 5.70. The first-order chi connectivity index (χ1) is 12.5. The molecule has 0 atom stereocenters. The number of hydrogen-bond donors (Lipinski definition) is 2. The number of methoxy groups -OCH3 is 1. The van der Waals surface area contributed by atoms with Crippen LogP contribution < -0.4 is 10.6 Å². The molecule has 0 fully saturated rings. The zero-order chi connectivity index (χ0) is 18.9. The van der Waals surface area contributed by atoms with Gasteiger partial charge in [0.25, 0.3) is 0 Å². The smallest absolute Gasteiger partial charge is 0.411 e. The molecule has 0 aliphatic rings. The average molecular weight is 486 g/mol. The van der Waals surface area contributed by atoms with E-state index in [1.54, 1.807) is 31.3 Å². The number of carbonyl (C=O) groups is 1. The number of nitrogens with zero attached hydrogens (tertiary/aromatic N) is 2. The molecule has 0 aromatic heterocycles. The molecule has 2 rings (SSSR count). The Kier molecular flexibility index (Phi) is 9.55. The molecule has 0 aliphatic heterocycles. The molecule has 0 spiro atoms. The van der Waals surface area contributed by atoms with E-state index in [2.05, 4.69) is 20.4 Å². The van der Waals surface area contributed by atoms with Crippen molar-refractivity contribution in [1.82, 2.24) is 10.2 Å². The van der Waals surface area contributed by atoms with Gasteiger partial charge in [-0.05, 0) is 35.4 Å². The van der Waals surface area contributed by atoms with Crippen molar-refractivity contribution in [3.05, 3.63) is 65.5 Å². The summed E-state index contributed by atoms with van der Waals surface area (Å²) in [5.74, 6) is 0.482. The molecule has 2 N–H and O–H groups in total. The largest absolute Gasteiger partial charge is 0.453 e. The number of benzene rings is 2. The molecule has 2 aromatic rings. The summed E-state index contributed by atoms with van der Waals surface area (Å²) in [5, 5.41) is 5.88. The first-order valence-corrected chi connectivity index (χ1v) is 8.12. The molecule has 2 aromatic carbocycles. The molecule has 0 saturated heterocycles. The number of amides is 1. The lowest BCUT2D eigenvalue weighted by Crippen LogP contribution is -2.38. The highest BCUT2D eigenvalue weighted by molar-refractivity contribution is 14.0. The number of anilines is 1. The Bertz CT molecular complexity index is 751. The molecule has 0 saturated carbocycles. The predicted molar refractivity (Wildman–Crippen MR) is 116 cm³/mol. The standard InChI is InChI=1S/C19H23FN4O2.HI/c1-21-18(24(2)13-15-4-8-16(20)9-5-15)22-12-14-6-10-17(11-7-14)23-19(25)26-3;/h4-11H,12-13H2,1-3H3,(H,21,22)(H,23,25);1H. The van der Waals surface area contributed by atoms with Gasteiger partial charge in [-0.1, -0.05) is 24.3 Å². The van der Waals surface area contributed by atoms with Crippen LogP contribution in [-0.2, 0) is 17.8 Å². The third-order valence-corrected chi connectivity index (χ3v) is 3.74. The normalized spacial score (nSPS) is 10.6. The van der Waals surface area contributed by atoms with Gasteiger partial charge in [-0.25, -0.2) is 9.18 Å². The fourth-order valence-corrected chi connectivity index (χ4v) is 2.38. The maximum atomic E-state index is 13.0. The van der Waals surface area contributed by atoms with E-state index in [1.807, 2.05) is 24.1 Å². The van der Waals surface area contributed by atoms with Crippen LogP contribution in [0.5, 0.6) is 0 Å². The third-order valence-electron chi connectivity index (χ3n) is 3.74. The van der Waals surface area contributed by atoms with E-state index in [4.69, 9.17) is 0 Å². The summed E-state index contributed by atoms with van der Waals surface area (Å²) in [6.07, 6.45) is -0.501. The minimum absolute atomic E-state index is 0. The molecule has 6 nitrogen and oxygen atoms in total. The summed E-state index contributed by atoms with van der Waals surface area (Å²) in [7, 11) is 4.95. The summed E-state index contributed by atoms with van der Waals surface area (Å²) < 4.78 is 17.6. The summed E-state index contributed by atoms with van der Waals surface area (Å²) in [5.41, 5.74) is 2.70. The molecule has 0 heterocycles. The highest BCUT2D eigenvalue weighted by Crippen LogP contribution is 2.10. The van der Waals surface area contributed by atoms with Gasteiger partial charge in [0.05, 0.1) is 7.11 Å². The number of nitrogens with one attached hydrogen (secondary N) is 2. The molecular formula is C19H24FIN4O2. The summed E-state index contributed by atoms with van der Waals surface area (Å²) in [4.78, 5) is 17.4. The quantitative estimate of drug-likeness (QED) is 0.383. The van der Waals surface area contributed by atoms with Crippen LogP contribution in [0.25, 0.3) is 0 Å². The second-order valence-electron chi connectivity index (χ2n) is 5.70. The monoisotopic (exact) mass is 486 g/mol. The Morgan fingerprint density at radius 1 is 1.11 bits per heavy atom. The highest BCUT2D eigenvalue weighted by Gasteiger charge is 2.07. The van der Waals surface area contributed by atoms with E-state index >= 15 is 0 Å². The van der Waals surface area contributed by atoms with Crippen LogP contribution in [0.3, 0.4) is 0 Å². The Balaban J connectivity index is 0.00000364. The third kappa shape index (κ3) is 7.41. The molecule has 0 bridgehead atoms. The van der Waals surface area contributed by atoms with Gasteiger partial charge >= 0.3 is 6.09 Å². The number of rotatable bonds is 5. The minimum Gasteiger partial charge on any atom is -0.453 e. The zero-order valence-electron chi connectivity index (χ0n) is 15.5. The van der Waals surface area contributed by atoms with Crippen molar-refractivity contribution in [3.8, 4) is 0 Å². The lowest BCUT2D eigenvalue weighted by molar-refractivity contribution is 0.187.